The number of hydrogen-bond acceptors (Lipinski definition) is 5. The Kier molecular flexibility index (Phi) is 5.04. The molecule has 3 aromatic rings. The van der Waals surface area contributed by atoms with E-state index in [1.807, 2.05) is 79.7 Å². The number of methoxy groups -OCH3 is 1. The second kappa shape index (κ2) is 7.57. The summed E-state index contributed by atoms with van der Waals surface area (Å²) in [6, 6.07) is 19.4. The van der Waals surface area contributed by atoms with Gasteiger partial charge in [0.1, 0.15) is 23.1 Å². The van der Waals surface area contributed by atoms with Crippen molar-refractivity contribution in [1.82, 2.24) is 4.98 Å². The van der Waals surface area contributed by atoms with Crippen molar-refractivity contribution in [1.29, 1.82) is 0 Å². The van der Waals surface area contributed by atoms with E-state index in [2.05, 4.69) is 10.3 Å². The van der Waals surface area contributed by atoms with E-state index in [1.165, 1.54) is 0 Å². The van der Waals surface area contributed by atoms with Gasteiger partial charge < -0.3 is 19.7 Å². The SMILES string of the molecule is COc1cccc(Nc2ccc(Oc3cccc(N(C)C)c3)cn2)c1. The molecule has 5 nitrogen and oxygen atoms in total. The molecular formula is C20H21N3O2. The molecule has 0 saturated carbocycles. The summed E-state index contributed by atoms with van der Waals surface area (Å²) in [5.41, 5.74) is 2.00. The third-order valence-electron chi connectivity index (χ3n) is 3.65. The highest BCUT2D eigenvalue weighted by Gasteiger charge is 2.03. The zero-order valence-electron chi connectivity index (χ0n) is 14.6. The third kappa shape index (κ3) is 4.41. The van der Waals surface area contributed by atoms with Crippen LogP contribution in [0.4, 0.5) is 17.2 Å². The molecule has 0 aliphatic heterocycles. The van der Waals surface area contributed by atoms with Crippen molar-refractivity contribution in [3.8, 4) is 17.2 Å². The van der Waals surface area contributed by atoms with E-state index in [-0.39, 0.29) is 0 Å². The van der Waals surface area contributed by atoms with Gasteiger partial charge in [-0.05, 0) is 36.4 Å². The number of benzene rings is 2. The van der Waals surface area contributed by atoms with E-state index in [9.17, 15) is 0 Å². The number of rotatable bonds is 6. The highest BCUT2D eigenvalue weighted by atomic mass is 16.5. The van der Waals surface area contributed by atoms with Gasteiger partial charge in [-0.15, -0.1) is 0 Å². The fourth-order valence-electron chi connectivity index (χ4n) is 2.32. The lowest BCUT2D eigenvalue weighted by Gasteiger charge is -2.14. The standard InChI is InChI=1S/C20H21N3O2/c1-23(2)16-7-5-9-18(13-16)25-19-10-11-20(21-14-19)22-15-6-4-8-17(12-15)24-3/h4-14H,1-3H3,(H,21,22). The molecule has 25 heavy (non-hydrogen) atoms. The average molecular weight is 335 g/mol. The van der Waals surface area contributed by atoms with Gasteiger partial charge in [-0.2, -0.15) is 0 Å². The lowest BCUT2D eigenvalue weighted by Crippen LogP contribution is -2.08. The normalized spacial score (nSPS) is 10.2. The molecule has 0 aliphatic rings. The predicted molar refractivity (Wildman–Crippen MR) is 101 cm³/mol. The lowest BCUT2D eigenvalue weighted by molar-refractivity contribution is 0.415. The third-order valence-corrected chi connectivity index (χ3v) is 3.65. The molecule has 0 radical (unpaired) electrons. The van der Waals surface area contributed by atoms with Crippen LogP contribution in [0.15, 0.2) is 66.9 Å². The predicted octanol–water partition coefficient (Wildman–Crippen LogP) is 4.69. The summed E-state index contributed by atoms with van der Waals surface area (Å²) < 4.78 is 11.1. The summed E-state index contributed by atoms with van der Waals surface area (Å²) in [6.07, 6.45) is 1.70. The smallest absolute Gasteiger partial charge is 0.145 e. The molecule has 1 N–H and O–H groups in total. The van der Waals surface area contributed by atoms with Crippen LogP contribution >= 0.6 is 0 Å². The van der Waals surface area contributed by atoms with Gasteiger partial charge in [-0.3, -0.25) is 0 Å². The number of ether oxygens (including phenoxy) is 2. The highest BCUT2D eigenvalue weighted by molar-refractivity contribution is 5.58. The molecule has 0 fully saturated rings. The van der Waals surface area contributed by atoms with Crippen LogP contribution in [0.5, 0.6) is 17.2 Å². The van der Waals surface area contributed by atoms with Crippen LogP contribution in [0, 0.1) is 0 Å². The molecule has 128 valence electrons. The zero-order chi connectivity index (χ0) is 17.6. The summed E-state index contributed by atoms with van der Waals surface area (Å²) in [4.78, 5) is 6.43. The molecule has 2 aromatic carbocycles. The second-order valence-electron chi connectivity index (χ2n) is 5.73. The maximum Gasteiger partial charge on any atom is 0.145 e. The molecule has 0 atom stereocenters. The minimum absolute atomic E-state index is 0.687. The number of aromatic nitrogens is 1. The summed E-state index contributed by atoms with van der Waals surface area (Å²) in [7, 11) is 5.65. The van der Waals surface area contributed by atoms with Crippen molar-refractivity contribution in [2.75, 3.05) is 31.4 Å². The molecule has 1 aromatic heterocycles. The van der Waals surface area contributed by atoms with Crippen LogP contribution < -0.4 is 19.7 Å². The van der Waals surface area contributed by atoms with Crippen LogP contribution in [0.3, 0.4) is 0 Å². The van der Waals surface area contributed by atoms with Gasteiger partial charge >= 0.3 is 0 Å². The molecule has 0 unspecified atom stereocenters. The van der Waals surface area contributed by atoms with Gasteiger partial charge in [0.2, 0.25) is 0 Å². The van der Waals surface area contributed by atoms with E-state index in [0.717, 1.165) is 28.7 Å². The quantitative estimate of drug-likeness (QED) is 0.708. The van der Waals surface area contributed by atoms with Gasteiger partial charge in [0.05, 0.1) is 13.3 Å². The molecule has 0 saturated heterocycles. The summed E-state index contributed by atoms with van der Waals surface area (Å²) in [5.74, 6) is 3.00. The number of nitrogens with zero attached hydrogens (tertiary/aromatic N) is 2. The molecule has 0 bridgehead atoms. The summed E-state index contributed by atoms with van der Waals surface area (Å²) in [6.45, 7) is 0. The van der Waals surface area contributed by atoms with Gasteiger partial charge in [0.25, 0.3) is 0 Å². The molecule has 0 aliphatic carbocycles. The first-order chi connectivity index (χ1) is 12.1. The van der Waals surface area contributed by atoms with Crippen molar-refractivity contribution in [2.45, 2.75) is 0 Å². The average Bonchev–Trinajstić information content (AvgIpc) is 2.64. The van der Waals surface area contributed by atoms with Crippen molar-refractivity contribution < 1.29 is 9.47 Å². The Morgan fingerprint density at radius 1 is 0.880 bits per heavy atom. The van der Waals surface area contributed by atoms with Crippen LogP contribution in [0.1, 0.15) is 0 Å². The Labute approximate surface area is 147 Å². The van der Waals surface area contributed by atoms with E-state index < -0.39 is 0 Å². The van der Waals surface area contributed by atoms with E-state index >= 15 is 0 Å². The van der Waals surface area contributed by atoms with Crippen molar-refractivity contribution in [3.63, 3.8) is 0 Å². The van der Waals surface area contributed by atoms with Crippen molar-refractivity contribution in [2.24, 2.45) is 0 Å². The number of hydrogen-bond donors (Lipinski definition) is 1. The summed E-state index contributed by atoms with van der Waals surface area (Å²) >= 11 is 0. The van der Waals surface area contributed by atoms with E-state index in [4.69, 9.17) is 9.47 Å². The molecule has 1 heterocycles. The van der Waals surface area contributed by atoms with Crippen molar-refractivity contribution >= 4 is 17.2 Å². The zero-order valence-corrected chi connectivity index (χ0v) is 14.6. The fraction of sp³-hybridized carbons (Fsp3) is 0.150. The van der Waals surface area contributed by atoms with E-state index in [0.29, 0.717) is 5.75 Å². The Morgan fingerprint density at radius 3 is 2.40 bits per heavy atom. The molecule has 5 heteroatoms. The number of nitrogens with one attached hydrogen (secondary N) is 1. The van der Waals surface area contributed by atoms with Gasteiger partial charge in [0.15, 0.2) is 0 Å². The summed E-state index contributed by atoms with van der Waals surface area (Å²) in [5, 5.41) is 3.24. The van der Waals surface area contributed by atoms with E-state index in [1.54, 1.807) is 13.3 Å². The minimum Gasteiger partial charge on any atom is -0.497 e. The Hall–Kier alpha value is -3.21. The first-order valence-electron chi connectivity index (χ1n) is 7.96. The van der Waals surface area contributed by atoms with Crippen LogP contribution in [0.2, 0.25) is 0 Å². The molecule has 3 rings (SSSR count). The van der Waals surface area contributed by atoms with Crippen LogP contribution in [-0.4, -0.2) is 26.2 Å². The monoisotopic (exact) mass is 335 g/mol. The highest BCUT2D eigenvalue weighted by Crippen LogP contribution is 2.26. The first kappa shape index (κ1) is 16.6. The maximum absolute atomic E-state index is 5.87. The van der Waals surface area contributed by atoms with Gasteiger partial charge in [0, 0.05) is 37.6 Å². The Balaban J connectivity index is 1.68. The second-order valence-corrected chi connectivity index (χ2v) is 5.73. The topological polar surface area (TPSA) is 46.6 Å². The number of anilines is 3. The Morgan fingerprint density at radius 2 is 1.68 bits per heavy atom. The molecular weight excluding hydrogens is 314 g/mol. The minimum atomic E-state index is 0.687. The van der Waals surface area contributed by atoms with Crippen LogP contribution in [-0.2, 0) is 0 Å². The Bertz CT molecular complexity index is 832. The largest absolute Gasteiger partial charge is 0.497 e. The first-order valence-corrected chi connectivity index (χ1v) is 7.96. The van der Waals surface area contributed by atoms with Crippen LogP contribution in [0.25, 0.3) is 0 Å². The number of pyridine rings is 1. The fourth-order valence-corrected chi connectivity index (χ4v) is 2.32. The maximum atomic E-state index is 5.87. The van der Waals surface area contributed by atoms with Gasteiger partial charge in [-0.25, -0.2) is 4.98 Å². The molecule has 0 amide bonds. The van der Waals surface area contributed by atoms with Crippen molar-refractivity contribution in [3.05, 3.63) is 66.9 Å². The molecule has 0 spiro atoms. The van der Waals surface area contributed by atoms with Gasteiger partial charge in [-0.1, -0.05) is 12.1 Å². The lowest BCUT2D eigenvalue weighted by atomic mass is 10.3.